The second-order valence-corrected chi connectivity index (χ2v) is 5.72. The van der Waals surface area contributed by atoms with Gasteiger partial charge in [-0.25, -0.2) is 0 Å². The van der Waals surface area contributed by atoms with Crippen LogP contribution in [0.2, 0.25) is 0 Å². The zero-order chi connectivity index (χ0) is 15.1. The number of hydrogen-bond donors (Lipinski definition) is 0. The molecule has 0 bridgehead atoms. The van der Waals surface area contributed by atoms with Crippen molar-refractivity contribution >= 4 is 5.97 Å². The average Bonchev–Trinajstić information content (AvgIpc) is 2.51. The maximum Gasteiger partial charge on any atom is 0.312 e. The minimum absolute atomic E-state index is 0.0604. The second kappa shape index (κ2) is 7.46. The molecule has 1 fully saturated rings. The summed E-state index contributed by atoms with van der Waals surface area (Å²) >= 11 is 0. The van der Waals surface area contributed by atoms with E-state index in [0.29, 0.717) is 19.6 Å². The Morgan fingerprint density at radius 2 is 1.90 bits per heavy atom. The topological polar surface area (TPSA) is 38.8 Å². The number of carbonyl (C=O) groups excluding carboxylic acids is 1. The van der Waals surface area contributed by atoms with Gasteiger partial charge in [0.15, 0.2) is 0 Å². The summed E-state index contributed by atoms with van der Waals surface area (Å²) in [6.07, 6.45) is 2.41. The fourth-order valence-corrected chi connectivity index (χ4v) is 2.77. The van der Waals surface area contributed by atoms with Gasteiger partial charge in [0.25, 0.3) is 0 Å². The molecule has 0 spiro atoms. The van der Waals surface area contributed by atoms with Crippen LogP contribution in [0.3, 0.4) is 0 Å². The molecule has 0 aliphatic carbocycles. The number of likely N-dealkylation sites (tertiary alicyclic amines) is 1. The van der Waals surface area contributed by atoms with E-state index >= 15 is 0 Å². The third-order valence-electron chi connectivity index (χ3n) is 4.25. The minimum Gasteiger partial charge on any atom is -0.494 e. The van der Waals surface area contributed by atoms with Crippen molar-refractivity contribution in [1.29, 1.82) is 0 Å². The Balaban J connectivity index is 1.94. The van der Waals surface area contributed by atoms with Gasteiger partial charge in [-0.2, -0.15) is 0 Å². The van der Waals surface area contributed by atoms with Crippen molar-refractivity contribution in [3.63, 3.8) is 0 Å². The summed E-state index contributed by atoms with van der Waals surface area (Å²) in [5.41, 5.74) is -0.378. The summed E-state index contributed by atoms with van der Waals surface area (Å²) in [6, 6.07) is 9.74. The predicted molar refractivity (Wildman–Crippen MR) is 82.4 cm³/mol. The molecule has 0 unspecified atom stereocenters. The molecule has 1 aromatic carbocycles. The first kappa shape index (κ1) is 15.8. The number of carbonyl (C=O) groups is 1. The Bertz CT molecular complexity index is 439. The third-order valence-corrected chi connectivity index (χ3v) is 4.25. The number of para-hydroxylation sites is 1. The van der Waals surface area contributed by atoms with E-state index in [4.69, 9.17) is 9.47 Å². The highest BCUT2D eigenvalue weighted by molar-refractivity contribution is 5.77. The highest BCUT2D eigenvalue weighted by Crippen LogP contribution is 2.36. The van der Waals surface area contributed by atoms with Crippen LogP contribution < -0.4 is 4.74 Å². The van der Waals surface area contributed by atoms with Gasteiger partial charge in [0.2, 0.25) is 0 Å². The summed E-state index contributed by atoms with van der Waals surface area (Å²) < 4.78 is 11.1. The SMILES string of the molecule is CCOC(=O)C1(CCOc2ccccc2)CCN(C)CC1. The summed E-state index contributed by atoms with van der Waals surface area (Å²) in [5, 5.41) is 0. The molecular weight excluding hydrogens is 266 g/mol. The van der Waals surface area contributed by atoms with Crippen LogP contribution in [0, 0.1) is 5.41 Å². The van der Waals surface area contributed by atoms with Gasteiger partial charge in [0, 0.05) is 0 Å². The van der Waals surface area contributed by atoms with Gasteiger partial charge in [-0.05, 0) is 58.5 Å². The van der Waals surface area contributed by atoms with Crippen LogP contribution in [-0.2, 0) is 9.53 Å². The Morgan fingerprint density at radius 3 is 2.52 bits per heavy atom. The molecule has 116 valence electrons. The van der Waals surface area contributed by atoms with Crippen LogP contribution in [0.1, 0.15) is 26.2 Å². The number of rotatable bonds is 6. The Morgan fingerprint density at radius 1 is 1.24 bits per heavy atom. The quantitative estimate of drug-likeness (QED) is 0.755. The van der Waals surface area contributed by atoms with Gasteiger partial charge >= 0.3 is 5.97 Å². The van der Waals surface area contributed by atoms with Crippen molar-refractivity contribution in [1.82, 2.24) is 4.90 Å². The third kappa shape index (κ3) is 4.21. The van der Waals surface area contributed by atoms with Gasteiger partial charge in [0.1, 0.15) is 5.75 Å². The van der Waals surface area contributed by atoms with E-state index in [1.165, 1.54) is 0 Å². The van der Waals surface area contributed by atoms with Gasteiger partial charge in [-0.3, -0.25) is 4.79 Å². The first-order chi connectivity index (χ1) is 10.2. The Hall–Kier alpha value is -1.55. The van der Waals surface area contributed by atoms with Crippen molar-refractivity contribution < 1.29 is 14.3 Å². The molecule has 1 heterocycles. The number of hydrogen-bond acceptors (Lipinski definition) is 4. The summed E-state index contributed by atoms with van der Waals surface area (Å²) in [7, 11) is 2.09. The first-order valence-electron chi connectivity index (χ1n) is 7.70. The predicted octanol–water partition coefficient (Wildman–Crippen LogP) is 2.73. The smallest absolute Gasteiger partial charge is 0.312 e. The lowest BCUT2D eigenvalue weighted by molar-refractivity contribution is -0.159. The van der Waals surface area contributed by atoms with Crippen molar-refractivity contribution in [3.05, 3.63) is 30.3 Å². The van der Waals surface area contributed by atoms with E-state index < -0.39 is 0 Å². The van der Waals surface area contributed by atoms with E-state index in [1.54, 1.807) is 0 Å². The van der Waals surface area contributed by atoms with Crippen LogP contribution in [0.15, 0.2) is 30.3 Å². The van der Waals surface area contributed by atoms with Gasteiger partial charge in [-0.15, -0.1) is 0 Å². The number of nitrogens with zero attached hydrogens (tertiary/aromatic N) is 1. The fraction of sp³-hybridized carbons (Fsp3) is 0.588. The Kier molecular flexibility index (Phi) is 5.62. The molecule has 21 heavy (non-hydrogen) atoms. The summed E-state index contributed by atoms with van der Waals surface area (Å²) in [5.74, 6) is 0.791. The monoisotopic (exact) mass is 291 g/mol. The molecule has 4 heteroatoms. The van der Waals surface area contributed by atoms with Crippen LogP contribution in [-0.4, -0.2) is 44.2 Å². The average molecular weight is 291 g/mol. The first-order valence-corrected chi connectivity index (χ1v) is 7.70. The molecule has 1 saturated heterocycles. The van der Waals surface area contributed by atoms with Crippen LogP contribution in [0.25, 0.3) is 0 Å². The molecule has 1 aliphatic rings. The zero-order valence-electron chi connectivity index (χ0n) is 13.0. The van der Waals surface area contributed by atoms with Crippen molar-refractivity contribution in [3.8, 4) is 5.75 Å². The van der Waals surface area contributed by atoms with Gasteiger partial charge < -0.3 is 14.4 Å². The van der Waals surface area contributed by atoms with Gasteiger partial charge in [0.05, 0.1) is 18.6 Å². The molecule has 0 amide bonds. The van der Waals surface area contributed by atoms with E-state index in [1.807, 2.05) is 37.3 Å². The minimum atomic E-state index is -0.378. The maximum atomic E-state index is 12.4. The number of esters is 1. The largest absolute Gasteiger partial charge is 0.494 e. The van der Waals surface area contributed by atoms with Crippen molar-refractivity contribution in [2.24, 2.45) is 5.41 Å². The fourth-order valence-electron chi connectivity index (χ4n) is 2.77. The highest BCUT2D eigenvalue weighted by Gasteiger charge is 2.41. The second-order valence-electron chi connectivity index (χ2n) is 5.72. The standard InChI is InChI=1S/C17H25NO3/c1-3-20-16(19)17(9-12-18(2)13-10-17)11-14-21-15-7-5-4-6-8-15/h4-8H,3,9-14H2,1-2H3. The molecule has 0 saturated carbocycles. The molecule has 1 aromatic rings. The van der Waals surface area contributed by atoms with Crippen LogP contribution in [0.4, 0.5) is 0 Å². The van der Waals surface area contributed by atoms with Crippen LogP contribution in [0.5, 0.6) is 5.75 Å². The molecule has 4 nitrogen and oxygen atoms in total. The van der Waals surface area contributed by atoms with Crippen molar-refractivity contribution in [2.45, 2.75) is 26.2 Å². The van der Waals surface area contributed by atoms with E-state index in [0.717, 1.165) is 31.7 Å². The molecule has 1 aliphatic heterocycles. The molecule has 2 rings (SSSR count). The highest BCUT2D eigenvalue weighted by atomic mass is 16.5. The summed E-state index contributed by atoms with van der Waals surface area (Å²) in [4.78, 5) is 14.6. The lowest BCUT2D eigenvalue weighted by Gasteiger charge is -2.38. The van der Waals surface area contributed by atoms with E-state index in [-0.39, 0.29) is 11.4 Å². The maximum absolute atomic E-state index is 12.4. The number of piperidine rings is 1. The van der Waals surface area contributed by atoms with E-state index in [2.05, 4.69) is 11.9 Å². The Labute approximate surface area is 127 Å². The molecular formula is C17H25NO3. The normalized spacial score (nSPS) is 18.2. The van der Waals surface area contributed by atoms with Gasteiger partial charge in [-0.1, -0.05) is 18.2 Å². The number of ether oxygens (including phenoxy) is 2. The summed E-state index contributed by atoms with van der Waals surface area (Å²) in [6.45, 7) is 4.72. The lowest BCUT2D eigenvalue weighted by atomic mass is 9.76. The molecule has 0 radical (unpaired) electrons. The molecule has 0 N–H and O–H groups in total. The zero-order valence-corrected chi connectivity index (χ0v) is 13.0. The molecule has 0 atom stereocenters. The lowest BCUT2D eigenvalue weighted by Crippen LogP contribution is -2.44. The van der Waals surface area contributed by atoms with Crippen LogP contribution >= 0.6 is 0 Å². The van der Waals surface area contributed by atoms with Crippen molar-refractivity contribution in [2.75, 3.05) is 33.4 Å². The molecule has 0 aromatic heterocycles. The van der Waals surface area contributed by atoms with E-state index in [9.17, 15) is 4.79 Å². The number of benzene rings is 1.